The lowest BCUT2D eigenvalue weighted by Crippen LogP contribution is -2.49. The minimum Gasteiger partial charge on any atom is -0.357 e. The zero-order valence-corrected chi connectivity index (χ0v) is 10.8. The average Bonchev–Trinajstić information content (AvgIpc) is 2.76. The number of rotatable bonds is 4. The molecule has 0 radical (unpaired) electrons. The first-order valence-corrected chi connectivity index (χ1v) is 6.24. The van der Waals surface area contributed by atoms with E-state index in [4.69, 9.17) is 0 Å². The van der Waals surface area contributed by atoms with Crippen LogP contribution in [0, 0.1) is 0 Å². The third-order valence-electron chi connectivity index (χ3n) is 3.22. The fourth-order valence-corrected chi connectivity index (χ4v) is 2.25. The van der Waals surface area contributed by atoms with Gasteiger partial charge in [0.2, 0.25) is 17.7 Å². The summed E-state index contributed by atoms with van der Waals surface area (Å²) in [6.45, 7) is 0. The first-order valence-electron chi connectivity index (χ1n) is 6.24. The quantitative estimate of drug-likeness (QED) is 0.801. The van der Waals surface area contributed by atoms with E-state index in [1.165, 1.54) is 7.05 Å². The minimum atomic E-state index is -0.755. The Bertz CT molecular complexity index is 483. The SMILES string of the molecule is CNC(=O)[C@H](Cc1ccccc1)N1C(=O)CCC1=O. The molecule has 1 aromatic carbocycles. The smallest absolute Gasteiger partial charge is 0.243 e. The van der Waals surface area contributed by atoms with Crippen LogP contribution in [-0.4, -0.2) is 35.7 Å². The molecule has 19 heavy (non-hydrogen) atoms. The van der Waals surface area contributed by atoms with Crippen molar-refractivity contribution in [2.75, 3.05) is 7.05 Å². The number of hydrogen-bond acceptors (Lipinski definition) is 3. The van der Waals surface area contributed by atoms with Crippen molar-refractivity contribution >= 4 is 17.7 Å². The van der Waals surface area contributed by atoms with Crippen molar-refractivity contribution in [2.24, 2.45) is 0 Å². The molecular weight excluding hydrogens is 244 g/mol. The maximum Gasteiger partial charge on any atom is 0.243 e. The number of carbonyl (C=O) groups excluding carboxylic acids is 3. The predicted molar refractivity (Wildman–Crippen MR) is 69.1 cm³/mol. The molecule has 1 aromatic rings. The van der Waals surface area contributed by atoms with E-state index < -0.39 is 6.04 Å². The van der Waals surface area contributed by atoms with Crippen LogP contribution < -0.4 is 5.32 Å². The van der Waals surface area contributed by atoms with Crippen molar-refractivity contribution in [3.8, 4) is 0 Å². The van der Waals surface area contributed by atoms with E-state index in [1.54, 1.807) is 0 Å². The summed E-state index contributed by atoms with van der Waals surface area (Å²) in [4.78, 5) is 36.6. The van der Waals surface area contributed by atoms with Gasteiger partial charge in [-0.3, -0.25) is 19.3 Å². The molecule has 0 spiro atoms. The molecule has 1 aliphatic heterocycles. The number of likely N-dealkylation sites (N-methyl/N-ethyl adjacent to an activating group) is 1. The average molecular weight is 260 g/mol. The highest BCUT2D eigenvalue weighted by Crippen LogP contribution is 2.18. The molecule has 0 aromatic heterocycles. The molecule has 1 heterocycles. The Labute approximate surface area is 111 Å². The fraction of sp³-hybridized carbons (Fsp3) is 0.357. The number of nitrogens with one attached hydrogen (secondary N) is 1. The summed E-state index contributed by atoms with van der Waals surface area (Å²) in [5, 5.41) is 2.52. The lowest BCUT2D eigenvalue weighted by molar-refractivity contribution is -0.146. The number of benzene rings is 1. The van der Waals surface area contributed by atoms with Gasteiger partial charge in [-0.1, -0.05) is 30.3 Å². The van der Waals surface area contributed by atoms with Crippen LogP contribution in [0.25, 0.3) is 0 Å². The molecule has 1 atom stereocenters. The minimum absolute atomic E-state index is 0.196. The fourth-order valence-electron chi connectivity index (χ4n) is 2.25. The van der Waals surface area contributed by atoms with Crippen molar-refractivity contribution in [3.05, 3.63) is 35.9 Å². The van der Waals surface area contributed by atoms with Crippen LogP contribution in [0.3, 0.4) is 0 Å². The van der Waals surface area contributed by atoms with Crippen LogP contribution in [0.5, 0.6) is 0 Å². The zero-order chi connectivity index (χ0) is 13.8. The Morgan fingerprint density at radius 2 is 1.79 bits per heavy atom. The molecule has 1 aliphatic rings. The molecule has 5 heteroatoms. The number of nitrogens with zero attached hydrogens (tertiary/aromatic N) is 1. The van der Waals surface area contributed by atoms with Gasteiger partial charge >= 0.3 is 0 Å². The molecule has 0 aliphatic carbocycles. The summed E-state index contributed by atoms with van der Waals surface area (Å²) in [5.74, 6) is -0.850. The van der Waals surface area contributed by atoms with Gasteiger partial charge < -0.3 is 5.32 Å². The van der Waals surface area contributed by atoms with E-state index in [0.29, 0.717) is 6.42 Å². The molecule has 1 N–H and O–H groups in total. The second-order valence-corrected chi connectivity index (χ2v) is 4.48. The highest BCUT2D eigenvalue weighted by atomic mass is 16.2. The van der Waals surface area contributed by atoms with Crippen molar-refractivity contribution < 1.29 is 14.4 Å². The first kappa shape index (κ1) is 13.3. The molecule has 1 fully saturated rings. The second kappa shape index (κ2) is 5.65. The van der Waals surface area contributed by atoms with Crippen molar-refractivity contribution in [1.82, 2.24) is 10.2 Å². The van der Waals surface area contributed by atoms with E-state index in [0.717, 1.165) is 10.5 Å². The summed E-state index contributed by atoms with van der Waals surface area (Å²) in [6.07, 6.45) is 0.736. The van der Waals surface area contributed by atoms with E-state index in [1.807, 2.05) is 30.3 Å². The molecule has 2 rings (SSSR count). The highest BCUT2D eigenvalue weighted by molar-refractivity contribution is 6.05. The molecule has 0 bridgehead atoms. The molecule has 3 amide bonds. The molecule has 100 valence electrons. The molecule has 0 unspecified atom stereocenters. The lowest BCUT2D eigenvalue weighted by Gasteiger charge is -2.24. The maximum atomic E-state index is 11.9. The maximum absolute atomic E-state index is 11.9. The normalized spacial score (nSPS) is 16.6. The van der Waals surface area contributed by atoms with Gasteiger partial charge in [-0.2, -0.15) is 0 Å². The summed E-state index contributed by atoms with van der Waals surface area (Å²) in [7, 11) is 1.51. The second-order valence-electron chi connectivity index (χ2n) is 4.48. The number of carbonyl (C=O) groups is 3. The zero-order valence-electron chi connectivity index (χ0n) is 10.8. The van der Waals surface area contributed by atoms with Crippen LogP contribution in [0.1, 0.15) is 18.4 Å². The topological polar surface area (TPSA) is 66.5 Å². The number of imide groups is 1. The van der Waals surface area contributed by atoms with Crippen LogP contribution in [0.2, 0.25) is 0 Å². The van der Waals surface area contributed by atoms with Crippen LogP contribution in [-0.2, 0) is 20.8 Å². The van der Waals surface area contributed by atoms with Gasteiger partial charge in [-0.25, -0.2) is 0 Å². The summed E-state index contributed by atoms with van der Waals surface area (Å²) >= 11 is 0. The Hall–Kier alpha value is -2.17. The first-order chi connectivity index (χ1) is 9.13. The van der Waals surface area contributed by atoms with Gasteiger partial charge in [0.25, 0.3) is 0 Å². The molecule has 1 saturated heterocycles. The standard InChI is InChI=1S/C14H16N2O3/c1-15-14(19)11(9-10-5-3-2-4-6-10)16-12(17)7-8-13(16)18/h2-6,11H,7-9H2,1H3,(H,15,19)/t11-/m0/s1. The van der Waals surface area contributed by atoms with Crippen LogP contribution in [0.4, 0.5) is 0 Å². The van der Waals surface area contributed by atoms with Gasteiger partial charge in [-0.15, -0.1) is 0 Å². The van der Waals surface area contributed by atoms with Crippen molar-refractivity contribution in [1.29, 1.82) is 0 Å². The van der Waals surface area contributed by atoms with Crippen molar-refractivity contribution in [3.63, 3.8) is 0 Å². The number of likely N-dealkylation sites (tertiary alicyclic amines) is 1. The van der Waals surface area contributed by atoms with E-state index >= 15 is 0 Å². The summed E-state index contributed by atoms with van der Waals surface area (Å²) in [5.41, 5.74) is 0.920. The van der Waals surface area contributed by atoms with Crippen molar-refractivity contribution in [2.45, 2.75) is 25.3 Å². The molecule has 0 saturated carbocycles. The molecular formula is C14H16N2O3. The third-order valence-corrected chi connectivity index (χ3v) is 3.22. The predicted octanol–water partition coefficient (Wildman–Crippen LogP) is 0.493. The largest absolute Gasteiger partial charge is 0.357 e. The Morgan fingerprint density at radius 3 is 2.32 bits per heavy atom. The van der Waals surface area contributed by atoms with Gasteiger partial charge in [0.15, 0.2) is 0 Å². The number of hydrogen-bond donors (Lipinski definition) is 1. The molecule has 5 nitrogen and oxygen atoms in total. The highest BCUT2D eigenvalue weighted by Gasteiger charge is 2.38. The van der Waals surface area contributed by atoms with Gasteiger partial charge in [0.05, 0.1) is 0 Å². The lowest BCUT2D eigenvalue weighted by atomic mass is 10.0. The number of amides is 3. The Morgan fingerprint density at radius 1 is 1.21 bits per heavy atom. The van der Waals surface area contributed by atoms with Crippen LogP contribution in [0.15, 0.2) is 30.3 Å². The Balaban J connectivity index is 2.24. The monoisotopic (exact) mass is 260 g/mol. The van der Waals surface area contributed by atoms with Gasteiger partial charge in [0.1, 0.15) is 6.04 Å². The van der Waals surface area contributed by atoms with E-state index in [2.05, 4.69) is 5.32 Å². The third kappa shape index (κ3) is 2.81. The van der Waals surface area contributed by atoms with Gasteiger partial charge in [-0.05, 0) is 5.56 Å². The van der Waals surface area contributed by atoms with E-state index in [-0.39, 0.29) is 30.6 Å². The summed E-state index contributed by atoms with van der Waals surface area (Å²) in [6, 6.07) is 8.61. The Kier molecular flexibility index (Phi) is 3.94. The summed E-state index contributed by atoms with van der Waals surface area (Å²) < 4.78 is 0. The van der Waals surface area contributed by atoms with Crippen LogP contribution >= 0.6 is 0 Å². The van der Waals surface area contributed by atoms with Gasteiger partial charge in [0, 0.05) is 26.3 Å². The van der Waals surface area contributed by atoms with E-state index in [9.17, 15) is 14.4 Å².